The molecule has 0 saturated heterocycles. The SMILES string of the molecule is CCC(=O)Nc1ccc(C(=O)c2ccccc2)cc1N. The Morgan fingerprint density at radius 2 is 1.75 bits per heavy atom. The molecule has 0 aromatic heterocycles. The lowest BCUT2D eigenvalue weighted by Crippen LogP contribution is -2.12. The van der Waals surface area contributed by atoms with Crippen LogP contribution in [0.15, 0.2) is 48.5 Å². The zero-order valence-electron chi connectivity index (χ0n) is 11.2. The van der Waals surface area contributed by atoms with E-state index in [-0.39, 0.29) is 11.7 Å². The van der Waals surface area contributed by atoms with Gasteiger partial charge < -0.3 is 11.1 Å². The van der Waals surface area contributed by atoms with Crippen molar-refractivity contribution in [1.29, 1.82) is 0 Å². The molecule has 20 heavy (non-hydrogen) atoms. The largest absolute Gasteiger partial charge is 0.397 e. The normalized spacial score (nSPS) is 10.1. The van der Waals surface area contributed by atoms with Crippen molar-refractivity contribution in [3.63, 3.8) is 0 Å². The summed E-state index contributed by atoms with van der Waals surface area (Å²) >= 11 is 0. The van der Waals surface area contributed by atoms with E-state index >= 15 is 0 Å². The van der Waals surface area contributed by atoms with Crippen molar-refractivity contribution in [3.05, 3.63) is 59.7 Å². The first-order valence-electron chi connectivity index (χ1n) is 6.41. The molecule has 0 radical (unpaired) electrons. The predicted octanol–water partition coefficient (Wildman–Crippen LogP) is 2.85. The summed E-state index contributed by atoms with van der Waals surface area (Å²) in [5, 5.41) is 2.69. The van der Waals surface area contributed by atoms with Crippen molar-refractivity contribution in [1.82, 2.24) is 0 Å². The maximum atomic E-state index is 12.2. The summed E-state index contributed by atoms with van der Waals surface area (Å²) in [6.07, 6.45) is 0.379. The van der Waals surface area contributed by atoms with Crippen LogP contribution in [0.2, 0.25) is 0 Å². The Kier molecular flexibility index (Phi) is 4.15. The van der Waals surface area contributed by atoms with Gasteiger partial charge in [-0.15, -0.1) is 0 Å². The average Bonchev–Trinajstić information content (AvgIpc) is 2.49. The predicted molar refractivity (Wildman–Crippen MR) is 79.6 cm³/mol. The summed E-state index contributed by atoms with van der Waals surface area (Å²) in [6, 6.07) is 13.9. The Morgan fingerprint density at radius 1 is 1.05 bits per heavy atom. The molecule has 0 unspecified atom stereocenters. The first-order valence-corrected chi connectivity index (χ1v) is 6.41. The van der Waals surface area contributed by atoms with Crippen LogP contribution in [0.3, 0.4) is 0 Å². The minimum absolute atomic E-state index is 0.0920. The molecular formula is C16H16N2O2. The van der Waals surface area contributed by atoms with Gasteiger partial charge in [0, 0.05) is 17.5 Å². The van der Waals surface area contributed by atoms with Crippen LogP contribution in [-0.4, -0.2) is 11.7 Å². The molecular weight excluding hydrogens is 252 g/mol. The number of nitrogen functional groups attached to an aromatic ring is 1. The highest BCUT2D eigenvalue weighted by Gasteiger charge is 2.11. The minimum atomic E-state index is -0.112. The van der Waals surface area contributed by atoms with E-state index in [1.54, 1.807) is 37.3 Å². The number of ketones is 1. The Balaban J connectivity index is 2.25. The first-order chi connectivity index (χ1) is 9.61. The van der Waals surface area contributed by atoms with Crippen LogP contribution in [0.25, 0.3) is 0 Å². The Bertz CT molecular complexity index is 636. The summed E-state index contributed by atoms with van der Waals surface area (Å²) in [7, 11) is 0. The van der Waals surface area contributed by atoms with Crippen molar-refractivity contribution in [2.75, 3.05) is 11.1 Å². The summed E-state index contributed by atoms with van der Waals surface area (Å²) < 4.78 is 0. The van der Waals surface area contributed by atoms with Crippen molar-refractivity contribution in [2.24, 2.45) is 0 Å². The van der Waals surface area contributed by atoms with E-state index in [4.69, 9.17) is 5.73 Å². The van der Waals surface area contributed by atoms with Crippen LogP contribution in [0, 0.1) is 0 Å². The highest BCUT2D eigenvalue weighted by atomic mass is 16.1. The highest BCUT2D eigenvalue weighted by Crippen LogP contribution is 2.21. The summed E-state index contributed by atoms with van der Waals surface area (Å²) in [6.45, 7) is 1.76. The standard InChI is InChI=1S/C16H16N2O2/c1-2-15(19)18-14-9-8-12(10-13(14)17)16(20)11-6-4-3-5-7-11/h3-10H,2,17H2,1H3,(H,18,19). The maximum Gasteiger partial charge on any atom is 0.224 e. The van der Waals surface area contributed by atoms with Gasteiger partial charge in [0.1, 0.15) is 0 Å². The molecule has 2 rings (SSSR count). The van der Waals surface area contributed by atoms with Gasteiger partial charge in [0.15, 0.2) is 5.78 Å². The van der Waals surface area contributed by atoms with Gasteiger partial charge in [-0.05, 0) is 18.2 Å². The molecule has 0 bridgehead atoms. The van der Waals surface area contributed by atoms with Crippen LogP contribution in [0.4, 0.5) is 11.4 Å². The third-order valence-electron chi connectivity index (χ3n) is 2.94. The fourth-order valence-corrected chi connectivity index (χ4v) is 1.81. The second-order valence-electron chi connectivity index (χ2n) is 4.40. The lowest BCUT2D eigenvalue weighted by atomic mass is 10.0. The number of amides is 1. The molecule has 0 fully saturated rings. The second kappa shape index (κ2) is 6.02. The number of hydrogen-bond acceptors (Lipinski definition) is 3. The number of rotatable bonds is 4. The summed E-state index contributed by atoms with van der Waals surface area (Å²) in [5.74, 6) is -0.204. The minimum Gasteiger partial charge on any atom is -0.397 e. The number of nitrogens with one attached hydrogen (secondary N) is 1. The Labute approximate surface area is 117 Å². The molecule has 0 atom stereocenters. The summed E-state index contributed by atoms with van der Waals surface area (Å²) in [5.41, 5.74) is 7.90. The summed E-state index contributed by atoms with van der Waals surface area (Å²) in [4.78, 5) is 23.6. The quantitative estimate of drug-likeness (QED) is 0.661. The van der Waals surface area contributed by atoms with Gasteiger partial charge in [0.25, 0.3) is 0 Å². The van der Waals surface area contributed by atoms with Gasteiger partial charge in [-0.3, -0.25) is 9.59 Å². The van der Waals surface area contributed by atoms with Crippen LogP contribution in [-0.2, 0) is 4.79 Å². The fraction of sp³-hybridized carbons (Fsp3) is 0.125. The number of carbonyl (C=O) groups is 2. The van der Waals surface area contributed by atoms with Gasteiger partial charge in [-0.25, -0.2) is 0 Å². The van der Waals surface area contributed by atoms with Gasteiger partial charge >= 0.3 is 0 Å². The Morgan fingerprint density at radius 3 is 2.35 bits per heavy atom. The van der Waals surface area contributed by atoms with Crippen LogP contribution < -0.4 is 11.1 Å². The maximum absolute atomic E-state index is 12.2. The molecule has 0 saturated carbocycles. The Hall–Kier alpha value is -2.62. The van der Waals surface area contributed by atoms with Gasteiger partial charge in [0.2, 0.25) is 5.91 Å². The molecule has 4 nitrogen and oxygen atoms in total. The molecule has 102 valence electrons. The van der Waals surface area contributed by atoms with E-state index in [1.165, 1.54) is 0 Å². The van der Waals surface area contributed by atoms with Crippen LogP contribution >= 0.6 is 0 Å². The molecule has 3 N–H and O–H groups in total. The van der Waals surface area contributed by atoms with E-state index in [0.29, 0.717) is 28.9 Å². The van der Waals surface area contributed by atoms with E-state index in [0.717, 1.165) is 0 Å². The van der Waals surface area contributed by atoms with E-state index in [2.05, 4.69) is 5.32 Å². The van der Waals surface area contributed by atoms with E-state index in [9.17, 15) is 9.59 Å². The molecule has 2 aromatic rings. The van der Waals surface area contributed by atoms with Crippen LogP contribution in [0.1, 0.15) is 29.3 Å². The molecule has 0 heterocycles. The van der Waals surface area contributed by atoms with Crippen molar-refractivity contribution >= 4 is 23.1 Å². The van der Waals surface area contributed by atoms with Crippen molar-refractivity contribution in [2.45, 2.75) is 13.3 Å². The molecule has 1 amide bonds. The average molecular weight is 268 g/mol. The van der Waals surface area contributed by atoms with Gasteiger partial charge in [-0.1, -0.05) is 37.3 Å². The molecule has 0 aliphatic carbocycles. The van der Waals surface area contributed by atoms with Gasteiger partial charge in [0.05, 0.1) is 11.4 Å². The smallest absolute Gasteiger partial charge is 0.224 e. The molecule has 0 aliphatic heterocycles. The molecule has 4 heteroatoms. The van der Waals surface area contributed by atoms with Crippen LogP contribution in [0.5, 0.6) is 0 Å². The number of carbonyl (C=O) groups excluding carboxylic acids is 2. The van der Waals surface area contributed by atoms with E-state index < -0.39 is 0 Å². The van der Waals surface area contributed by atoms with Crippen molar-refractivity contribution < 1.29 is 9.59 Å². The lowest BCUT2D eigenvalue weighted by molar-refractivity contribution is -0.115. The zero-order valence-corrected chi connectivity index (χ0v) is 11.2. The topological polar surface area (TPSA) is 72.2 Å². The number of hydrogen-bond donors (Lipinski definition) is 2. The molecule has 0 spiro atoms. The zero-order chi connectivity index (χ0) is 14.5. The molecule has 0 aliphatic rings. The monoisotopic (exact) mass is 268 g/mol. The number of nitrogens with two attached hydrogens (primary N) is 1. The molecule has 2 aromatic carbocycles. The number of benzene rings is 2. The van der Waals surface area contributed by atoms with E-state index in [1.807, 2.05) is 18.2 Å². The number of anilines is 2. The first kappa shape index (κ1) is 13.8. The van der Waals surface area contributed by atoms with Crippen molar-refractivity contribution in [3.8, 4) is 0 Å². The fourth-order valence-electron chi connectivity index (χ4n) is 1.81. The highest BCUT2D eigenvalue weighted by molar-refractivity contribution is 6.10. The van der Waals surface area contributed by atoms with Gasteiger partial charge in [-0.2, -0.15) is 0 Å². The lowest BCUT2D eigenvalue weighted by Gasteiger charge is -2.09. The third kappa shape index (κ3) is 3.03. The third-order valence-corrected chi connectivity index (χ3v) is 2.94. The second-order valence-corrected chi connectivity index (χ2v) is 4.40.